The number of carbonyl (C=O) groups is 1. The van der Waals surface area contributed by atoms with Gasteiger partial charge in [0.1, 0.15) is 0 Å². The first-order valence-corrected chi connectivity index (χ1v) is 6.22. The second-order valence-electron chi connectivity index (χ2n) is 4.20. The van der Waals surface area contributed by atoms with Crippen molar-refractivity contribution in [3.05, 3.63) is 10.4 Å². The molecule has 1 rings (SSSR count). The number of azide groups is 1. The number of hydrogen-bond donors (Lipinski definition) is 1. The lowest BCUT2D eigenvalue weighted by Crippen LogP contribution is -2.31. The molecule has 0 aromatic carbocycles. The van der Waals surface area contributed by atoms with Crippen LogP contribution < -0.4 is 5.32 Å². The van der Waals surface area contributed by atoms with E-state index >= 15 is 0 Å². The summed E-state index contributed by atoms with van der Waals surface area (Å²) in [5.41, 5.74) is 8.07. The highest BCUT2D eigenvalue weighted by molar-refractivity contribution is 5.76. The van der Waals surface area contributed by atoms with Gasteiger partial charge in [-0.05, 0) is 37.6 Å². The third kappa shape index (κ3) is 6.81. The minimum Gasteiger partial charge on any atom is -0.378 e. The summed E-state index contributed by atoms with van der Waals surface area (Å²) in [5, 5.41) is 6.28. The van der Waals surface area contributed by atoms with Gasteiger partial charge in [0.2, 0.25) is 5.91 Å². The number of nitrogens with zero attached hydrogens (tertiary/aromatic N) is 3. The standard InChI is InChI=1S/C11H20N4O2/c12-15-14-7-3-2-6-13-11(16)9-10-5-1-4-8-17-10/h10H,1-9H2,(H,13,16). The van der Waals surface area contributed by atoms with Gasteiger partial charge in [-0.2, -0.15) is 0 Å². The van der Waals surface area contributed by atoms with Crippen molar-refractivity contribution in [2.75, 3.05) is 19.7 Å². The second-order valence-corrected chi connectivity index (χ2v) is 4.20. The largest absolute Gasteiger partial charge is 0.378 e. The van der Waals surface area contributed by atoms with Crippen LogP contribution in [0.5, 0.6) is 0 Å². The van der Waals surface area contributed by atoms with E-state index in [2.05, 4.69) is 15.3 Å². The number of amides is 1. The van der Waals surface area contributed by atoms with Gasteiger partial charge in [-0.15, -0.1) is 0 Å². The van der Waals surface area contributed by atoms with Crippen LogP contribution in [0.3, 0.4) is 0 Å². The van der Waals surface area contributed by atoms with Crippen LogP contribution in [-0.2, 0) is 9.53 Å². The smallest absolute Gasteiger partial charge is 0.222 e. The first kappa shape index (κ1) is 13.8. The molecule has 1 N–H and O–H groups in total. The summed E-state index contributed by atoms with van der Waals surface area (Å²) in [6, 6.07) is 0. The van der Waals surface area contributed by atoms with Crippen LogP contribution in [0.1, 0.15) is 38.5 Å². The fourth-order valence-corrected chi connectivity index (χ4v) is 1.83. The highest BCUT2D eigenvalue weighted by atomic mass is 16.5. The van der Waals surface area contributed by atoms with E-state index in [1.54, 1.807) is 0 Å². The van der Waals surface area contributed by atoms with Crippen LogP contribution in [0, 0.1) is 0 Å². The first-order chi connectivity index (χ1) is 8.33. The lowest BCUT2D eigenvalue weighted by Gasteiger charge is -2.21. The van der Waals surface area contributed by atoms with E-state index in [0.29, 0.717) is 19.5 Å². The van der Waals surface area contributed by atoms with E-state index in [0.717, 1.165) is 38.7 Å². The van der Waals surface area contributed by atoms with Crippen LogP contribution in [0.25, 0.3) is 10.4 Å². The van der Waals surface area contributed by atoms with Gasteiger partial charge in [-0.25, -0.2) is 0 Å². The second kappa shape index (κ2) is 8.84. The number of nitrogens with one attached hydrogen (secondary N) is 1. The first-order valence-electron chi connectivity index (χ1n) is 6.22. The lowest BCUT2D eigenvalue weighted by atomic mass is 10.1. The van der Waals surface area contributed by atoms with E-state index in [1.807, 2.05) is 0 Å². The molecule has 0 radical (unpaired) electrons. The van der Waals surface area contributed by atoms with Gasteiger partial charge in [0.15, 0.2) is 0 Å². The van der Waals surface area contributed by atoms with Gasteiger partial charge in [0.25, 0.3) is 0 Å². The zero-order valence-corrected chi connectivity index (χ0v) is 10.1. The molecule has 1 amide bonds. The minimum absolute atomic E-state index is 0.0562. The number of hydrogen-bond acceptors (Lipinski definition) is 3. The van der Waals surface area contributed by atoms with Crippen LogP contribution in [0.2, 0.25) is 0 Å². The highest BCUT2D eigenvalue weighted by Gasteiger charge is 2.16. The van der Waals surface area contributed by atoms with Crippen molar-refractivity contribution in [1.82, 2.24) is 5.32 Å². The third-order valence-electron chi connectivity index (χ3n) is 2.76. The molecule has 96 valence electrons. The molecular weight excluding hydrogens is 220 g/mol. The zero-order valence-electron chi connectivity index (χ0n) is 10.1. The van der Waals surface area contributed by atoms with Crippen molar-refractivity contribution >= 4 is 5.91 Å². The summed E-state index contributed by atoms with van der Waals surface area (Å²) >= 11 is 0. The molecule has 1 heterocycles. The Bertz CT molecular complexity index is 271. The molecule has 0 bridgehead atoms. The molecule has 0 aliphatic carbocycles. The quantitative estimate of drug-likeness (QED) is 0.320. The molecule has 1 saturated heterocycles. The van der Waals surface area contributed by atoms with E-state index in [4.69, 9.17) is 10.3 Å². The van der Waals surface area contributed by atoms with E-state index < -0.39 is 0 Å². The summed E-state index contributed by atoms with van der Waals surface area (Å²) in [6.45, 7) is 1.93. The molecule has 6 heteroatoms. The monoisotopic (exact) mass is 240 g/mol. The third-order valence-corrected chi connectivity index (χ3v) is 2.76. The molecule has 1 aliphatic rings. The topological polar surface area (TPSA) is 87.1 Å². The van der Waals surface area contributed by atoms with Crippen molar-refractivity contribution in [2.45, 2.75) is 44.6 Å². The van der Waals surface area contributed by atoms with Crippen molar-refractivity contribution in [2.24, 2.45) is 5.11 Å². The maximum absolute atomic E-state index is 11.5. The van der Waals surface area contributed by atoms with Crippen LogP contribution in [0.4, 0.5) is 0 Å². The maximum atomic E-state index is 11.5. The SMILES string of the molecule is [N-]=[N+]=NCCCCNC(=O)CC1CCCCO1. The summed E-state index contributed by atoms with van der Waals surface area (Å²) < 4.78 is 5.49. The summed E-state index contributed by atoms with van der Waals surface area (Å²) in [6.07, 6.45) is 5.48. The minimum atomic E-state index is 0.0562. The molecule has 1 aliphatic heterocycles. The molecule has 0 spiro atoms. The Morgan fingerprint density at radius 2 is 2.35 bits per heavy atom. The van der Waals surface area contributed by atoms with Gasteiger partial charge in [0.05, 0.1) is 12.5 Å². The Hall–Kier alpha value is -1.26. The number of carbonyl (C=O) groups excluding carboxylic acids is 1. The number of ether oxygens (including phenoxy) is 1. The molecule has 1 fully saturated rings. The molecule has 0 saturated carbocycles. The van der Waals surface area contributed by atoms with Gasteiger partial charge in [-0.1, -0.05) is 5.11 Å². The molecule has 1 unspecified atom stereocenters. The van der Waals surface area contributed by atoms with E-state index in [9.17, 15) is 4.79 Å². The molecule has 0 aromatic heterocycles. The highest BCUT2D eigenvalue weighted by Crippen LogP contribution is 2.15. The number of rotatable bonds is 7. The molecule has 0 aromatic rings. The van der Waals surface area contributed by atoms with Crippen molar-refractivity contribution in [3.63, 3.8) is 0 Å². The molecule has 17 heavy (non-hydrogen) atoms. The number of unbranched alkanes of at least 4 members (excludes halogenated alkanes) is 1. The van der Waals surface area contributed by atoms with Crippen molar-refractivity contribution in [3.8, 4) is 0 Å². The van der Waals surface area contributed by atoms with Gasteiger partial charge in [-0.3, -0.25) is 4.79 Å². The van der Waals surface area contributed by atoms with Crippen LogP contribution in [-0.4, -0.2) is 31.7 Å². The average molecular weight is 240 g/mol. The summed E-state index contributed by atoms with van der Waals surface area (Å²) in [7, 11) is 0. The Morgan fingerprint density at radius 3 is 3.06 bits per heavy atom. The lowest BCUT2D eigenvalue weighted by molar-refractivity contribution is -0.124. The zero-order chi connectivity index (χ0) is 12.3. The van der Waals surface area contributed by atoms with Crippen molar-refractivity contribution in [1.29, 1.82) is 0 Å². The molecule has 1 atom stereocenters. The van der Waals surface area contributed by atoms with Gasteiger partial charge < -0.3 is 10.1 Å². The Labute approximate surface area is 101 Å². The van der Waals surface area contributed by atoms with Crippen LogP contribution >= 0.6 is 0 Å². The predicted octanol–water partition coefficient (Wildman–Crippen LogP) is 2.15. The van der Waals surface area contributed by atoms with Gasteiger partial charge in [0, 0.05) is 24.6 Å². The van der Waals surface area contributed by atoms with E-state index in [1.165, 1.54) is 0 Å². The Morgan fingerprint density at radius 1 is 1.47 bits per heavy atom. The Balaban J connectivity index is 1.98. The molecule has 6 nitrogen and oxygen atoms in total. The normalized spacial score (nSPS) is 19.4. The summed E-state index contributed by atoms with van der Waals surface area (Å²) in [4.78, 5) is 14.2. The molecular formula is C11H20N4O2. The fourth-order valence-electron chi connectivity index (χ4n) is 1.83. The van der Waals surface area contributed by atoms with Crippen LogP contribution in [0.15, 0.2) is 5.11 Å². The maximum Gasteiger partial charge on any atom is 0.222 e. The predicted molar refractivity (Wildman–Crippen MR) is 64.5 cm³/mol. The average Bonchev–Trinajstić information content (AvgIpc) is 2.35. The summed E-state index contributed by atoms with van der Waals surface area (Å²) in [5.74, 6) is 0.0562. The van der Waals surface area contributed by atoms with Crippen molar-refractivity contribution < 1.29 is 9.53 Å². The van der Waals surface area contributed by atoms with E-state index in [-0.39, 0.29) is 12.0 Å². The van der Waals surface area contributed by atoms with Gasteiger partial charge >= 0.3 is 0 Å². The fraction of sp³-hybridized carbons (Fsp3) is 0.909. The Kier molecular flexibility index (Phi) is 7.18.